The fourth-order valence-electron chi connectivity index (χ4n) is 3.10. The summed E-state index contributed by atoms with van der Waals surface area (Å²) in [4.78, 5) is 27.0. The summed E-state index contributed by atoms with van der Waals surface area (Å²) in [5.74, 6) is -0.483. The molecule has 1 aliphatic heterocycles. The molecule has 0 bridgehead atoms. The van der Waals surface area contributed by atoms with E-state index in [1.54, 1.807) is 62.4 Å². The van der Waals surface area contributed by atoms with Crippen LogP contribution in [0.5, 0.6) is 0 Å². The largest absolute Gasteiger partial charge is 0.463 e. The minimum absolute atomic E-state index is 0.231. The van der Waals surface area contributed by atoms with Gasteiger partial charge in [0.25, 0.3) is 0 Å². The Morgan fingerprint density at radius 3 is 2.59 bits per heavy atom. The zero-order chi connectivity index (χ0) is 19.6. The Labute approximate surface area is 162 Å². The maximum atomic E-state index is 12.9. The third kappa shape index (κ3) is 3.75. The van der Waals surface area contributed by atoms with Crippen molar-refractivity contribution in [1.82, 2.24) is 5.32 Å². The maximum absolute atomic E-state index is 12.9. The predicted octanol–water partition coefficient (Wildman–Crippen LogP) is 4.03. The van der Waals surface area contributed by atoms with Crippen LogP contribution >= 0.6 is 11.6 Å². The molecule has 0 saturated heterocycles. The average Bonchev–Trinajstić information content (AvgIpc) is 2.62. The van der Waals surface area contributed by atoms with Crippen molar-refractivity contribution < 1.29 is 14.3 Å². The van der Waals surface area contributed by atoms with E-state index in [2.05, 4.69) is 5.32 Å². The first kappa shape index (κ1) is 18.8. The van der Waals surface area contributed by atoms with Crippen molar-refractivity contribution in [2.45, 2.75) is 19.9 Å². The molecule has 6 nitrogen and oxygen atoms in total. The number of amides is 2. The molecule has 2 aromatic rings. The van der Waals surface area contributed by atoms with Gasteiger partial charge < -0.3 is 15.8 Å². The molecule has 27 heavy (non-hydrogen) atoms. The van der Waals surface area contributed by atoms with Crippen molar-refractivity contribution in [3.63, 3.8) is 0 Å². The number of urea groups is 1. The summed E-state index contributed by atoms with van der Waals surface area (Å²) in [5.41, 5.74) is 8.53. The van der Waals surface area contributed by atoms with Crippen LogP contribution in [0.2, 0.25) is 5.02 Å². The molecule has 3 N–H and O–H groups in total. The molecular formula is C20H20ClN3O3. The molecule has 7 heteroatoms. The fraction of sp³-hybridized carbons (Fsp3) is 0.200. The van der Waals surface area contributed by atoms with E-state index in [1.165, 1.54) is 4.90 Å². The monoisotopic (exact) mass is 385 g/mol. The first-order chi connectivity index (χ1) is 12.9. The van der Waals surface area contributed by atoms with Crippen LogP contribution in [-0.4, -0.2) is 18.6 Å². The van der Waals surface area contributed by atoms with Crippen LogP contribution in [-0.2, 0) is 9.53 Å². The van der Waals surface area contributed by atoms with E-state index in [0.29, 0.717) is 27.7 Å². The van der Waals surface area contributed by atoms with Gasteiger partial charge in [0, 0.05) is 16.4 Å². The summed E-state index contributed by atoms with van der Waals surface area (Å²) in [6, 6.07) is 12.9. The molecule has 2 amide bonds. The number of hydrogen-bond donors (Lipinski definition) is 2. The number of allylic oxidation sites excluding steroid dienone is 1. The number of benzene rings is 2. The van der Waals surface area contributed by atoms with Crippen LogP contribution in [0.3, 0.4) is 0 Å². The van der Waals surface area contributed by atoms with Gasteiger partial charge in [-0.05, 0) is 49.7 Å². The number of hydrogen-bond acceptors (Lipinski definition) is 4. The average molecular weight is 386 g/mol. The normalized spacial score (nSPS) is 16.9. The van der Waals surface area contributed by atoms with Gasteiger partial charge in [-0.15, -0.1) is 0 Å². The van der Waals surface area contributed by atoms with Gasteiger partial charge in [0.2, 0.25) is 0 Å². The van der Waals surface area contributed by atoms with Crippen LogP contribution in [0.25, 0.3) is 0 Å². The Hall–Kier alpha value is -2.99. The zero-order valence-electron chi connectivity index (χ0n) is 15.0. The number of carbonyl (C=O) groups is 2. The van der Waals surface area contributed by atoms with E-state index in [1.807, 2.05) is 0 Å². The Bertz CT molecular complexity index is 909. The van der Waals surface area contributed by atoms with Gasteiger partial charge in [-0.3, -0.25) is 4.90 Å². The Morgan fingerprint density at radius 1 is 1.26 bits per heavy atom. The number of carbonyl (C=O) groups excluding carboxylic acids is 2. The molecule has 1 unspecified atom stereocenters. The molecule has 0 saturated carbocycles. The second kappa shape index (κ2) is 7.72. The minimum Gasteiger partial charge on any atom is -0.463 e. The minimum atomic E-state index is -0.633. The lowest BCUT2D eigenvalue weighted by molar-refractivity contribution is -0.139. The van der Waals surface area contributed by atoms with Crippen molar-refractivity contribution >= 4 is 35.0 Å². The molecule has 1 heterocycles. The zero-order valence-corrected chi connectivity index (χ0v) is 15.8. The van der Waals surface area contributed by atoms with Crippen molar-refractivity contribution in [3.8, 4) is 0 Å². The third-order valence-corrected chi connectivity index (χ3v) is 4.56. The lowest BCUT2D eigenvalue weighted by Crippen LogP contribution is -2.48. The third-order valence-electron chi connectivity index (χ3n) is 4.31. The fourth-order valence-corrected chi connectivity index (χ4v) is 3.22. The number of rotatable bonds is 4. The molecule has 0 aliphatic carbocycles. The smallest absolute Gasteiger partial charge is 0.338 e. The number of nitrogen functional groups attached to an aromatic ring is 1. The van der Waals surface area contributed by atoms with Crippen LogP contribution < -0.4 is 16.0 Å². The van der Waals surface area contributed by atoms with Gasteiger partial charge in [0.15, 0.2) is 0 Å². The lowest BCUT2D eigenvalue weighted by Gasteiger charge is -2.35. The number of ether oxygens (including phenoxy) is 1. The number of nitrogens with two attached hydrogens (primary N) is 1. The molecule has 0 spiro atoms. The summed E-state index contributed by atoms with van der Waals surface area (Å²) in [6.45, 7) is 3.69. The van der Waals surface area contributed by atoms with Gasteiger partial charge in [0.1, 0.15) is 0 Å². The molecule has 3 rings (SSSR count). The standard InChI is InChI=1S/C20H20ClN3O3/c1-3-27-19(25)17-12(2)24(16-6-4-5-15(22)11-16)20(26)23-18(17)13-7-9-14(21)10-8-13/h4-11,18H,3,22H2,1-2H3,(H,23,26). The second-order valence-electron chi connectivity index (χ2n) is 6.08. The first-order valence-corrected chi connectivity index (χ1v) is 8.89. The van der Waals surface area contributed by atoms with E-state index in [0.717, 1.165) is 5.56 Å². The quantitative estimate of drug-likeness (QED) is 0.614. The molecule has 140 valence electrons. The van der Waals surface area contributed by atoms with Crippen molar-refractivity contribution in [2.75, 3.05) is 17.2 Å². The molecule has 0 radical (unpaired) electrons. The molecule has 1 aliphatic rings. The lowest BCUT2D eigenvalue weighted by atomic mass is 9.94. The number of nitrogens with zero attached hydrogens (tertiary/aromatic N) is 1. The van der Waals surface area contributed by atoms with Crippen LogP contribution in [0, 0.1) is 0 Å². The van der Waals surface area contributed by atoms with E-state index >= 15 is 0 Å². The highest BCUT2D eigenvalue weighted by Crippen LogP contribution is 2.34. The highest BCUT2D eigenvalue weighted by atomic mass is 35.5. The van der Waals surface area contributed by atoms with Gasteiger partial charge in [-0.1, -0.05) is 29.8 Å². The molecule has 1 atom stereocenters. The van der Waals surface area contributed by atoms with E-state index in [-0.39, 0.29) is 12.6 Å². The SMILES string of the molecule is CCOC(=O)C1=C(C)N(c2cccc(N)c2)C(=O)NC1c1ccc(Cl)cc1. The van der Waals surface area contributed by atoms with Gasteiger partial charge in [-0.25, -0.2) is 9.59 Å². The topological polar surface area (TPSA) is 84.7 Å². The van der Waals surface area contributed by atoms with Gasteiger partial charge in [0.05, 0.1) is 23.9 Å². The molecule has 2 aromatic carbocycles. The van der Waals surface area contributed by atoms with Crippen LogP contribution in [0.4, 0.5) is 16.2 Å². The molecule has 0 aromatic heterocycles. The Balaban J connectivity index is 2.13. The molecular weight excluding hydrogens is 366 g/mol. The summed E-state index contributed by atoms with van der Waals surface area (Å²) >= 11 is 5.96. The van der Waals surface area contributed by atoms with Crippen molar-refractivity contribution in [3.05, 3.63) is 70.4 Å². The maximum Gasteiger partial charge on any atom is 0.338 e. The summed E-state index contributed by atoms with van der Waals surface area (Å²) in [5, 5.41) is 3.45. The van der Waals surface area contributed by atoms with Crippen molar-refractivity contribution in [2.24, 2.45) is 0 Å². The van der Waals surface area contributed by atoms with Crippen molar-refractivity contribution in [1.29, 1.82) is 0 Å². The number of nitrogens with one attached hydrogen (secondary N) is 1. The summed E-state index contributed by atoms with van der Waals surface area (Å²) in [7, 11) is 0. The summed E-state index contributed by atoms with van der Waals surface area (Å²) < 4.78 is 5.24. The van der Waals surface area contributed by atoms with Crippen LogP contribution in [0.1, 0.15) is 25.5 Å². The first-order valence-electron chi connectivity index (χ1n) is 8.52. The van der Waals surface area contributed by atoms with E-state index < -0.39 is 12.0 Å². The predicted molar refractivity (Wildman–Crippen MR) is 105 cm³/mol. The summed E-state index contributed by atoms with van der Waals surface area (Å²) in [6.07, 6.45) is 0. The van der Waals surface area contributed by atoms with Gasteiger partial charge >= 0.3 is 12.0 Å². The highest BCUT2D eigenvalue weighted by Gasteiger charge is 2.37. The number of halogens is 1. The number of anilines is 2. The van der Waals surface area contributed by atoms with E-state index in [4.69, 9.17) is 22.1 Å². The highest BCUT2D eigenvalue weighted by molar-refractivity contribution is 6.30. The Kier molecular flexibility index (Phi) is 5.37. The van der Waals surface area contributed by atoms with Gasteiger partial charge in [-0.2, -0.15) is 0 Å². The molecule has 0 fully saturated rings. The number of esters is 1. The van der Waals surface area contributed by atoms with Crippen LogP contribution in [0.15, 0.2) is 59.8 Å². The second-order valence-corrected chi connectivity index (χ2v) is 6.52. The Morgan fingerprint density at radius 2 is 1.96 bits per heavy atom. The van der Waals surface area contributed by atoms with E-state index in [9.17, 15) is 9.59 Å².